The zero-order chi connectivity index (χ0) is 90.7. The van der Waals surface area contributed by atoms with E-state index < -0.39 is 22.4 Å². The van der Waals surface area contributed by atoms with E-state index in [1.165, 1.54) is 110 Å². The lowest BCUT2D eigenvalue weighted by molar-refractivity contribution is -0.192. The van der Waals surface area contributed by atoms with Crippen molar-refractivity contribution in [1.82, 2.24) is 0 Å². The molecule has 18 fully saturated rings. The van der Waals surface area contributed by atoms with Crippen LogP contribution in [0.25, 0.3) is 10.8 Å². The summed E-state index contributed by atoms with van der Waals surface area (Å²) < 4.78 is 35.1. The van der Waals surface area contributed by atoms with Gasteiger partial charge in [-0.2, -0.15) is 9.59 Å². The molecule has 1 saturated heterocycles. The third kappa shape index (κ3) is 18.8. The first-order valence-electron chi connectivity index (χ1n) is 49.7. The number of carbonyl (C=O) groups is 6. The highest BCUT2D eigenvalue weighted by atomic mass is 16.6. The van der Waals surface area contributed by atoms with E-state index in [1.807, 2.05) is 75.4 Å². The summed E-state index contributed by atoms with van der Waals surface area (Å²) in [6, 6.07) is 39.4. The number of esters is 6. The molecular formula is C113H148O14. The molecule has 6 atom stereocenters. The van der Waals surface area contributed by atoms with Crippen LogP contribution < -0.4 is 23.7 Å². The molecule has 18 bridgehead atoms. The van der Waals surface area contributed by atoms with Crippen molar-refractivity contribution in [3.05, 3.63) is 160 Å². The van der Waals surface area contributed by atoms with Gasteiger partial charge in [-0.05, 0) is 425 Å². The van der Waals surface area contributed by atoms with E-state index in [2.05, 4.69) is 158 Å². The molecule has 18 aliphatic rings. The molecule has 17 saturated carbocycles. The lowest BCUT2D eigenvalue weighted by Crippen LogP contribution is -2.51. The van der Waals surface area contributed by atoms with Crippen molar-refractivity contribution >= 4 is 52.7 Å². The molecule has 14 heteroatoms. The summed E-state index contributed by atoms with van der Waals surface area (Å²) in [5.41, 5.74) is 6.85. The third-order valence-electron chi connectivity index (χ3n) is 36.0. The predicted molar refractivity (Wildman–Crippen MR) is 498 cm³/mol. The molecule has 6 unspecified atom stereocenters. The molecule has 127 heavy (non-hydrogen) atoms. The topological polar surface area (TPSA) is 192 Å². The Kier molecular flexibility index (Phi) is 27.4. The van der Waals surface area contributed by atoms with Gasteiger partial charge in [-0.3, -0.25) is 24.0 Å². The summed E-state index contributed by atoms with van der Waals surface area (Å²) in [7, 11) is 0. The van der Waals surface area contributed by atoms with Crippen LogP contribution in [0.4, 0.5) is 0 Å². The maximum absolute atomic E-state index is 13.2. The van der Waals surface area contributed by atoms with Gasteiger partial charge in [-0.15, -0.1) is 0 Å². The highest BCUT2D eigenvalue weighted by Crippen LogP contribution is 2.68. The van der Waals surface area contributed by atoms with E-state index >= 15 is 0 Å². The Balaban J connectivity index is 0.000000121. The van der Waals surface area contributed by atoms with Crippen LogP contribution >= 0.6 is 0 Å². The summed E-state index contributed by atoms with van der Waals surface area (Å²) >= 11 is 0. The lowest BCUT2D eigenvalue weighted by atomic mass is 9.49. The molecule has 14 nitrogen and oxygen atoms in total. The first-order valence-corrected chi connectivity index (χ1v) is 49.7. The number of carbonyl (C=O) groups excluding carboxylic acids is 8. The number of rotatable bonds is 20. The first kappa shape index (κ1) is 93.5. The molecule has 6 aromatic carbocycles. The van der Waals surface area contributed by atoms with Gasteiger partial charge in [-0.1, -0.05) is 163 Å². The average molecular weight is 1730 g/mol. The smallest absolute Gasteiger partial charge is 0.373 e. The van der Waals surface area contributed by atoms with Crippen molar-refractivity contribution in [3.63, 3.8) is 0 Å². The van der Waals surface area contributed by atoms with Gasteiger partial charge in [0, 0.05) is 5.41 Å². The molecule has 1 heterocycles. The molecule has 0 aromatic heterocycles. The summed E-state index contributed by atoms with van der Waals surface area (Å²) in [6.07, 6.45) is 36.1. The van der Waals surface area contributed by atoms with Crippen LogP contribution in [0, 0.1) is 124 Å². The van der Waals surface area contributed by atoms with Gasteiger partial charge in [0.25, 0.3) is 0 Å². The van der Waals surface area contributed by atoms with E-state index in [0.29, 0.717) is 48.0 Å². The van der Waals surface area contributed by atoms with Gasteiger partial charge in [-0.25, -0.2) is 4.79 Å². The fraction of sp³-hybridized carbons (Fsp3) is 0.637. The molecule has 24 rings (SSSR count). The van der Waals surface area contributed by atoms with Gasteiger partial charge in [0.2, 0.25) is 5.60 Å². The molecule has 0 amide bonds. The lowest BCUT2D eigenvalue weighted by Gasteiger charge is -2.55. The molecule has 684 valence electrons. The van der Waals surface area contributed by atoms with Crippen LogP contribution in [0.2, 0.25) is 0 Å². The highest BCUT2D eigenvalue weighted by molar-refractivity contribution is 5.95. The van der Waals surface area contributed by atoms with Crippen molar-refractivity contribution in [2.45, 2.75) is 351 Å². The normalized spacial score (nSPS) is 32.8. The van der Waals surface area contributed by atoms with E-state index in [-0.39, 0.29) is 63.1 Å². The number of benzene rings is 6. The zero-order valence-electron chi connectivity index (χ0n) is 79.8. The largest absolute Gasteiger partial charge is 0.446 e. The second-order valence-electron chi connectivity index (χ2n) is 45.3. The fourth-order valence-corrected chi connectivity index (χ4v) is 28.2. The SMILES string of the molecule is CCC(C)(C)c1ccc(OC(=O)C23CCC(C)(C(=O)O2)C3(C)C)cc1.CCC(C)c1ccc(OC(=O)C23CC4CC(CC(C4)C2)C3)c(C)c1.CCC(C)c1ccc(OC(=O)C23CC4CC(CC(C4)C2)C3)c(C)c1.CCC(C)c1ccc(OC(=O)C23CC4CC(CC(C4)C2)C3)c(C)c1.CCC(C)c1ccc2cc(OC(=O)C34CC5CC(CC(C5)C3)C4)ccc2c1.O=C=O. The molecule has 0 radical (unpaired) electrons. The molecule has 17 aliphatic carbocycles. The Morgan fingerprint density at radius 1 is 0.370 bits per heavy atom. The van der Waals surface area contributed by atoms with Gasteiger partial charge in [0.15, 0.2) is 0 Å². The summed E-state index contributed by atoms with van der Waals surface area (Å²) in [5, 5.41) is 2.38. The number of hydrogen-bond donors (Lipinski definition) is 0. The second kappa shape index (κ2) is 37.2. The van der Waals surface area contributed by atoms with Gasteiger partial charge in [0.05, 0.1) is 27.1 Å². The number of fused-ring (bicyclic) bond motifs is 3. The predicted octanol–water partition coefficient (Wildman–Crippen LogP) is 27.2. The Morgan fingerprint density at radius 2 is 0.638 bits per heavy atom. The van der Waals surface area contributed by atoms with E-state index in [0.717, 1.165) is 219 Å². The van der Waals surface area contributed by atoms with Crippen molar-refractivity contribution in [2.24, 2.45) is 104 Å². The maximum atomic E-state index is 13.2. The van der Waals surface area contributed by atoms with Crippen LogP contribution in [0.1, 0.15) is 364 Å². The quantitative estimate of drug-likeness (QED) is 0.0518. The van der Waals surface area contributed by atoms with E-state index in [4.69, 9.17) is 38.0 Å². The standard InChI is InChI=1S/C25H30O2.3C22H30O2.C21H28O4.CO2/c1-3-16(2)20-4-5-22-12-23(7-6-21(22)11-20)27-24(26)25-13-17-8-18(14-25)10-19(9-17)15-25;3*1-4-14(2)19-5-6-20(15(3)7-19)24-21(23)22-11-16-8-17(12-22)10-18(9-16)13-22;1-7-18(2,3)14-8-10-15(11-9-14)24-17(23)21-13-12-20(6,16(22)25-21)19(21,4)5;2-1-3/h4-7,11-12,16-19H,3,8-10,13-15H2,1-2H3;3*5-7,14,16-18H,4,8-13H2,1-3H3;8-11H,7,12-13H2,1-6H3;. The summed E-state index contributed by atoms with van der Waals surface area (Å²) in [6.45, 7) is 36.3. The van der Waals surface area contributed by atoms with E-state index in [9.17, 15) is 28.8 Å². The minimum atomic E-state index is -1.18. The summed E-state index contributed by atoms with van der Waals surface area (Å²) in [5.74, 6) is 14.4. The zero-order valence-corrected chi connectivity index (χ0v) is 79.8. The molecule has 0 spiro atoms. The molecule has 1 aliphatic heterocycles. The van der Waals surface area contributed by atoms with Crippen molar-refractivity contribution in [1.29, 1.82) is 0 Å². The Bertz CT molecular complexity index is 4660. The van der Waals surface area contributed by atoms with Crippen molar-refractivity contribution in [2.75, 3.05) is 0 Å². The minimum Gasteiger partial charge on any atom is -0.446 e. The fourth-order valence-electron chi connectivity index (χ4n) is 28.2. The van der Waals surface area contributed by atoms with Gasteiger partial charge in [0.1, 0.15) is 28.7 Å². The van der Waals surface area contributed by atoms with Crippen LogP contribution in [-0.2, 0) is 48.5 Å². The monoisotopic (exact) mass is 1730 g/mol. The van der Waals surface area contributed by atoms with Crippen LogP contribution in [0.3, 0.4) is 0 Å². The Hall–Kier alpha value is -8.22. The minimum absolute atomic E-state index is 0.0391. The number of aryl methyl sites for hydroxylation is 3. The maximum Gasteiger partial charge on any atom is 0.373 e. The Morgan fingerprint density at radius 3 is 0.913 bits per heavy atom. The van der Waals surface area contributed by atoms with Crippen molar-refractivity contribution in [3.8, 4) is 28.7 Å². The van der Waals surface area contributed by atoms with Crippen molar-refractivity contribution < 1.29 is 66.8 Å². The molecule has 6 aromatic rings. The molecular weight excluding hydrogens is 1580 g/mol. The van der Waals surface area contributed by atoms with Crippen LogP contribution in [0.15, 0.2) is 115 Å². The van der Waals surface area contributed by atoms with E-state index in [1.54, 1.807) is 0 Å². The first-order chi connectivity index (χ1) is 60.4. The third-order valence-corrected chi connectivity index (χ3v) is 36.0. The van der Waals surface area contributed by atoms with Crippen LogP contribution in [0.5, 0.6) is 28.7 Å². The number of hydrogen-bond acceptors (Lipinski definition) is 14. The Labute approximate surface area is 758 Å². The number of ether oxygens (including phenoxy) is 6. The second-order valence-corrected chi connectivity index (χ2v) is 45.3. The van der Waals surface area contributed by atoms with Gasteiger partial charge < -0.3 is 28.4 Å². The van der Waals surface area contributed by atoms with Gasteiger partial charge >= 0.3 is 42.0 Å². The van der Waals surface area contributed by atoms with Crippen LogP contribution in [-0.4, -0.2) is 47.6 Å². The summed E-state index contributed by atoms with van der Waals surface area (Å²) in [4.78, 5) is 93.9. The average Bonchev–Trinajstić information content (AvgIpc) is 1.52. The highest BCUT2D eigenvalue weighted by Gasteiger charge is 2.77. The molecule has 0 N–H and O–H groups in total.